The van der Waals surface area contributed by atoms with Gasteiger partial charge in [-0.15, -0.1) is 0 Å². The van der Waals surface area contributed by atoms with E-state index in [9.17, 15) is 51.3 Å². The van der Waals surface area contributed by atoms with Crippen LogP contribution in [0.3, 0.4) is 0 Å². The number of aromatic nitrogens is 1. The third-order valence-electron chi connectivity index (χ3n) is 9.67. The first-order chi connectivity index (χ1) is 25.7. The fourth-order valence-electron chi connectivity index (χ4n) is 7.17. The van der Waals surface area contributed by atoms with Gasteiger partial charge in [-0.1, -0.05) is 42.5 Å². The van der Waals surface area contributed by atoms with Crippen molar-refractivity contribution in [2.45, 2.75) is 37.7 Å². The zero-order valence-corrected chi connectivity index (χ0v) is 28.4. The van der Waals surface area contributed by atoms with Gasteiger partial charge in [0.2, 0.25) is 11.8 Å². The number of fused-ring (bicyclic) bond motifs is 1. The Morgan fingerprint density at radius 3 is 2.15 bits per heavy atom. The van der Waals surface area contributed by atoms with Crippen LogP contribution in [0.1, 0.15) is 41.6 Å². The van der Waals surface area contributed by atoms with Crippen molar-refractivity contribution in [2.75, 3.05) is 18.1 Å². The Bertz CT molecular complexity index is 2030. The fraction of sp³-hybridized carbons (Fsp3) is 0.275. The minimum atomic E-state index is -5.23. The van der Waals surface area contributed by atoms with E-state index in [4.69, 9.17) is 4.74 Å². The van der Waals surface area contributed by atoms with Gasteiger partial charge in [0.05, 0.1) is 47.1 Å². The summed E-state index contributed by atoms with van der Waals surface area (Å²) in [5.41, 5.74) is -2.13. The predicted octanol–water partition coefficient (Wildman–Crippen LogP) is 7.70. The van der Waals surface area contributed by atoms with Crippen molar-refractivity contribution in [3.05, 3.63) is 131 Å². The molecule has 4 aromatic rings. The number of halogens is 6. The number of carbonyl (C=O) groups excluding carboxylic acids is 2. The van der Waals surface area contributed by atoms with E-state index in [-0.39, 0.29) is 43.3 Å². The van der Waals surface area contributed by atoms with E-state index in [1.54, 1.807) is 79.0 Å². The Balaban J connectivity index is 1.37. The number of imide groups is 1. The first-order valence-corrected chi connectivity index (χ1v) is 16.9. The van der Waals surface area contributed by atoms with Crippen LogP contribution in [-0.2, 0) is 21.9 Å². The summed E-state index contributed by atoms with van der Waals surface area (Å²) >= 11 is 0. The first kappa shape index (κ1) is 38.3. The van der Waals surface area contributed by atoms with E-state index in [0.717, 1.165) is 0 Å². The van der Waals surface area contributed by atoms with Crippen molar-refractivity contribution < 1.29 is 56.0 Å². The van der Waals surface area contributed by atoms with E-state index in [1.165, 1.54) is 6.07 Å². The Morgan fingerprint density at radius 2 is 1.54 bits per heavy atom. The molecule has 1 saturated heterocycles. The highest BCUT2D eigenvalue weighted by molar-refractivity contribution is 6.22. The second-order valence-corrected chi connectivity index (χ2v) is 13.1. The molecule has 0 radical (unpaired) electrons. The third kappa shape index (κ3) is 8.04. The molecule has 0 spiro atoms. The molecule has 3 N–H and O–H groups in total. The van der Waals surface area contributed by atoms with E-state index in [1.807, 2.05) is 0 Å². The number of benzene rings is 3. The molecule has 2 aliphatic rings. The van der Waals surface area contributed by atoms with Crippen LogP contribution in [0.25, 0.3) is 11.6 Å². The van der Waals surface area contributed by atoms with Crippen molar-refractivity contribution in [1.82, 2.24) is 4.98 Å². The Labute approximate surface area is 305 Å². The van der Waals surface area contributed by atoms with Crippen LogP contribution in [0.5, 0.6) is 11.5 Å². The number of phenols is 1. The number of carbonyl (C=O) groups is 2. The summed E-state index contributed by atoms with van der Waals surface area (Å²) in [5.74, 6) is -5.66. The monoisotopic (exact) mass is 752 g/mol. The van der Waals surface area contributed by atoms with Crippen LogP contribution < -0.4 is 9.64 Å². The van der Waals surface area contributed by atoms with Crippen molar-refractivity contribution in [2.24, 2.45) is 17.8 Å². The number of aromatic hydroxyl groups is 1. The molecule has 1 aromatic heterocycles. The minimum absolute atomic E-state index is 0.00490. The number of aliphatic hydroxyl groups excluding tert-OH is 2. The van der Waals surface area contributed by atoms with Gasteiger partial charge in [-0.2, -0.15) is 26.3 Å². The Morgan fingerprint density at radius 1 is 0.889 bits per heavy atom. The molecular weight excluding hydrogens is 718 g/mol. The van der Waals surface area contributed by atoms with Crippen LogP contribution in [0.2, 0.25) is 0 Å². The number of ether oxygens (including phenoxy) is 1. The topological polar surface area (TPSA) is 120 Å². The number of alkyl halides is 6. The van der Waals surface area contributed by atoms with Crippen LogP contribution >= 0.6 is 0 Å². The van der Waals surface area contributed by atoms with Crippen LogP contribution in [0, 0.1) is 17.8 Å². The van der Waals surface area contributed by atoms with Crippen molar-refractivity contribution >= 4 is 29.2 Å². The molecule has 1 aliphatic heterocycles. The van der Waals surface area contributed by atoms with Crippen LogP contribution in [-0.4, -0.2) is 51.4 Å². The van der Waals surface area contributed by atoms with Crippen molar-refractivity contribution in [1.29, 1.82) is 0 Å². The van der Waals surface area contributed by atoms with Gasteiger partial charge < -0.3 is 20.1 Å². The van der Waals surface area contributed by atoms with Crippen molar-refractivity contribution in [3.8, 4) is 11.5 Å². The lowest BCUT2D eigenvalue weighted by Crippen LogP contribution is -2.40. The summed E-state index contributed by atoms with van der Waals surface area (Å²) in [5, 5.41) is 33.1. The zero-order chi connectivity index (χ0) is 38.8. The van der Waals surface area contributed by atoms with Gasteiger partial charge in [0.1, 0.15) is 18.1 Å². The second-order valence-electron chi connectivity index (χ2n) is 13.1. The maximum atomic E-state index is 14.0. The summed E-state index contributed by atoms with van der Waals surface area (Å²) in [6.07, 6.45) is -8.62. The van der Waals surface area contributed by atoms with E-state index in [2.05, 4.69) is 4.98 Å². The molecule has 0 unspecified atom stereocenters. The lowest BCUT2D eigenvalue weighted by molar-refractivity contribution is -0.143. The fourth-order valence-corrected chi connectivity index (χ4v) is 7.17. The molecule has 2 amide bonds. The summed E-state index contributed by atoms with van der Waals surface area (Å²) in [4.78, 5) is 32.7. The molecular formula is C40H34F6N2O6. The molecule has 0 saturated carbocycles. The summed E-state index contributed by atoms with van der Waals surface area (Å²) in [7, 11) is 0. The maximum Gasteiger partial charge on any atom is 0.416 e. The number of allylic oxidation sites excluding steroid dienone is 1. The van der Waals surface area contributed by atoms with E-state index < -0.39 is 71.4 Å². The molecule has 4 atom stereocenters. The minimum Gasteiger partial charge on any atom is -0.507 e. The van der Waals surface area contributed by atoms with Crippen LogP contribution in [0.4, 0.5) is 32.0 Å². The largest absolute Gasteiger partial charge is 0.507 e. The highest BCUT2D eigenvalue weighted by atomic mass is 19.4. The number of nitrogens with zero attached hydrogens (tertiary/aromatic N) is 2. The molecule has 1 fully saturated rings. The number of para-hydroxylation sites is 2. The number of hydrogen-bond acceptors (Lipinski definition) is 7. The number of aliphatic hydroxyl groups is 2. The molecule has 8 nitrogen and oxygen atoms in total. The van der Waals surface area contributed by atoms with Crippen molar-refractivity contribution in [3.63, 3.8) is 0 Å². The Hall–Kier alpha value is -5.47. The number of rotatable bonds is 11. The lowest BCUT2D eigenvalue weighted by Gasteiger charge is -2.36. The highest BCUT2D eigenvalue weighted by Crippen LogP contribution is 2.49. The van der Waals surface area contributed by atoms with Gasteiger partial charge in [-0.3, -0.25) is 14.6 Å². The molecule has 3 aromatic carbocycles. The lowest BCUT2D eigenvalue weighted by atomic mass is 9.68. The smallest absolute Gasteiger partial charge is 0.416 e. The number of phenolic OH excluding ortho intramolecular Hbond substituents is 1. The summed E-state index contributed by atoms with van der Waals surface area (Å²) < 4.78 is 88.6. The summed E-state index contributed by atoms with van der Waals surface area (Å²) in [6.45, 7) is -0.993. The number of pyridine rings is 1. The molecule has 54 heavy (non-hydrogen) atoms. The first-order valence-electron chi connectivity index (χ1n) is 16.9. The Kier molecular flexibility index (Phi) is 11.0. The van der Waals surface area contributed by atoms with Gasteiger partial charge in [0.25, 0.3) is 0 Å². The standard InChI is InChI=1S/C40H34F6N2O6/c41-39(42,43)26-18-27(40(44,45)46)20-28(19-26)48-37(52)30-17-25(22-54-29-9-2-1-3-10-29)35(31(21-49)36(30)38(48)53)34(51)14-13-23(32-11-6-7-15-47-32)16-24-8-4-5-12-33(24)50/h1-12,15-16,18-20,30-31,34,36,49-51H,13-14,17,21-22H2/b23-16-/t30-,31+,34-,36-/m1/s1. The predicted molar refractivity (Wildman–Crippen MR) is 186 cm³/mol. The maximum absolute atomic E-state index is 14.0. The summed E-state index contributed by atoms with van der Waals surface area (Å²) in [6, 6.07) is 20.8. The van der Waals surface area contributed by atoms with Gasteiger partial charge in [0.15, 0.2) is 0 Å². The van der Waals surface area contributed by atoms with Gasteiger partial charge in [-0.25, -0.2) is 4.90 Å². The molecule has 282 valence electrons. The quantitative estimate of drug-likeness (QED) is 0.0817. The molecule has 6 rings (SSSR count). The van der Waals surface area contributed by atoms with Crippen LogP contribution in [0.15, 0.2) is 108 Å². The normalized spacial score (nSPS) is 20.0. The molecule has 0 bridgehead atoms. The molecule has 14 heteroatoms. The number of hydrogen-bond donors (Lipinski definition) is 3. The van der Waals surface area contributed by atoms with E-state index in [0.29, 0.717) is 45.2 Å². The molecule has 1 aliphatic carbocycles. The SMILES string of the molecule is O=C1[C@@H]2[C@@H](CC(COc3ccccc3)=C([C@H](O)CC/C(=C/c3ccccc3O)c3ccccn3)[C@@H]2CO)C(=O)N1c1cc(C(F)(F)F)cc(C(F)(F)F)c1. The van der Waals surface area contributed by atoms with Gasteiger partial charge >= 0.3 is 12.4 Å². The molecule has 2 heterocycles. The highest BCUT2D eigenvalue weighted by Gasteiger charge is 2.56. The number of anilines is 1. The zero-order valence-electron chi connectivity index (χ0n) is 28.4. The average molecular weight is 753 g/mol. The van der Waals surface area contributed by atoms with E-state index >= 15 is 0 Å². The van der Waals surface area contributed by atoms with Gasteiger partial charge in [0, 0.05) is 17.7 Å². The average Bonchev–Trinajstić information content (AvgIpc) is 3.40. The third-order valence-corrected chi connectivity index (χ3v) is 9.67. The van der Waals surface area contributed by atoms with Gasteiger partial charge in [-0.05, 0) is 90.6 Å². The second kappa shape index (κ2) is 15.5. The number of amides is 2.